The van der Waals surface area contributed by atoms with Crippen LogP contribution < -0.4 is 0 Å². The molecule has 3 heteroatoms. The van der Waals surface area contributed by atoms with Crippen molar-refractivity contribution in [3.63, 3.8) is 0 Å². The first-order chi connectivity index (χ1) is 11.9. The molecule has 1 aliphatic heterocycles. The molecule has 0 spiro atoms. The van der Waals surface area contributed by atoms with Gasteiger partial charge >= 0.3 is 0 Å². The van der Waals surface area contributed by atoms with E-state index in [-0.39, 0.29) is 0 Å². The second kappa shape index (κ2) is 7.02. The number of nitrogens with zero attached hydrogens (tertiary/aromatic N) is 3. The third kappa shape index (κ3) is 3.26. The van der Waals surface area contributed by atoms with E-state index in [4.69, 9.17) is 5.10 Å². The molecule has 3 aromatic rings. The van der Waals surface area contributed by atoms with Crippen LogP contribution in [0.2, 0.25) is 0 Å². The molecule has 0 atom stereocenters. The predicted octanol–water partition coefficient (Wildman–Crippen LogP) is 4.53. The zero-order valence-corrected chi connectivity index (χ0v) is 13.9. The fraction of sp³-hybridized carbons (Fsp3) is 0.286. The van der Waals surface area contributed by atoms with Crippen LogP contribution in [0.3, 0.4) is 0 Å². The van der Waals surface area contributed by atoms with Gasteiger partial charge in [0.1, 0.15) is 0 Å². The van der Waals surface area contributed by atoms with Gasteiger partial charge in [-0.15, -0.1) is 0 Å². The Labute approximate surface area is 143 Å². The number of hydrogen-bond donors (Lipinski definition) is 0. The number of aromatic nitrogens is 2. The van der Waals surface area contributed by atoms with Crippen LogP contribution in [-0.4, -0.2) is 27.8 Å². The molecule has 0 N–H and O–H groups in total. The molecule has 1 fully saturated rings. The molecule has 2 aromatic carbocycles. The quantitative estimate of drug-likeness (QED) is 0.705. The van der Waals surface area contributed by atoms with Gasteiger partial charge in [0.15, 0.2) is 0 Å². The maximum absolute atomic E-state index is 4.91. The number of rotatable bonds is 4. The summed E-state index contributed by atoms with van der Waals surface area (Å²) in [7, 11) is 0. The molecule has 3 nitrogen and oxygen atoms in total. The number of piperidine rings is 1. The standard InChI is InChI=1S/C21H23N3/c1-4-10-18(11-5-1)21-19(16-23-14-8-3-9-15-23)17-24(22-21)20-12-6-2-7-13-20/h1-2,4-7,10-13,17H,3,8-9,14-16H2. The molecular formula is C21H23N3. The smallest absolute Gasteiger partial charge is 0.0972 e. The molecule has 0 unspecified atom stereocenters. The van der Waals surface area contributed by atoms with Crippen LogP contribution in [0.25, 0.3) is 16.9 Å². The SMILES string of the molecule is c1ccc(-c2nn(-c3ccccc3)cc2CN2CCCCC2)cc1. The van der Waals surface area contributed by atoms with E-state index < -0.39 is 0 Å². The zero-order chi connectivity index (χ0) is 16.2. The second-order valence-corrected chi connectivity index (χ2v) is 6.49. The third-order valence-corrected chi connectivity index (χ3v) is 4.70. The lowest BCUT2D eigenvalue weighted by molar-refractivity contribution is 0.221. The van der Waals surface area contributed by atoms with Crippen LogP contribution in [-0.2, 0) is 6.54 Å². The fourth-order valence-corrected chi connectivity index (χ4v) is 3.44. The van der Waals surface area contributed by atoms with Gasteiger partial charge in [0.05, 0.1) is 11.4 Å². The summed E-state index contributed by atoms with van der Waals surface area (Å²) in [6.45, 7) is 3.38. The lowest BCUT2D eigenvalue weighted by Crippen LogP contribution is -2.29. The lowest BCUT2D eigenvalue weighted by Gasteiger charge is -2.26. The van der Waals surface area contributed by atoms with Crippen molar-refractivity contribution in [1.82, 2.24) is 14.7 Å². The molecule has 122 valence electrons. The predicted molar refractivity (Wildman–Crippen MR) is 98.1 cm³/mol. The van der Waals surface area contributed by atoms with Crippen molar-refractivity contribution in [3.05, 3.63) is 72.4 Å². The van der Waals surface area contributed by atoms with E-state index in [1.54, 1.807) is 0 Å². The Morgan fingerprint density at radius 1 is 0.792 bits per heavy atom. The molecule has 1 aromatic heterocycles. The van der Waals surface area contributed by atoms with Gasteiger partial charge in [-0.3, -0.25) is 4.90 Å². The van der Waals surface area contributed by atoms with Crippen molar-refractivity contribution in [3.8, 4) is 16.9 Å². The summed E-state index contributed by atoms with van der Waals surface area (Å²) in [5.41, 5.74) is 4.72. The van der Waals surface area contributed by atoms with E-state index >= 15 is 0 Å². The lowest BCUT2D eigenvalue weighted by atomic mass is 10.1. The van der Waals surface area contributed by atoms with Crippen molar-refractivity contribution >= 4 is 0 Å². The highest BCUT2D eigenvalue weighted by Gasteiger charge is 2.17. The Bertz CT molecular complexity index is 771. The van der Waals surface area contributed by atoms with Gasteiger partial charge in [-0.2, -0.15) is 5.10 Å². The minimum Gasteiger partial charge on any atom is -0.299 e. The molecular weight excluding hydrogens is 294 g/mol. The molecule has 1 aliphatic rings. The summed E-state index contributed by atoms with van der Waals surface area (Å²) in [6, 6.07) is 20.9. The van der Waals surface area contributed by atoms with Crippen LogP contribution in [0.5, 0.6) is 0 Å². The number of likely N-dealkylation sites (tertiary alicyclic amines) is 1. The first-order valence-electron chi connectivity index (χ1n) is 8.82. The van der Waals surface area contributed by atoms with Crippen LogP contribution in [0.4, 0.5) is 0 Å². The summed E-state index contributed by atoms with van der Waals surface area (Å²) in [4.78, 5) is 2.56. The molecule has 24 heavy (non-hydrogen) atoms. The van der Waals surface area contributed by atoms with Gasteiger partial charge in [0.2, 0.25) is 0 Å². The highest BCUT2D eigenvalue weighted by Crippen LogP contribution is 2.25. The molecule has 0 radical (unpaired) electrons. The van der Waals surface area contributed by atoms with E-state index in [2.05, 4.69) is 65.7 Å². The van der Waals surface area contributed by atoms with E-state index in [9.17, 15) is 0 Å². The maximum Gasteiger partial charge on any atom is 0.0972 e. The van der Waals surface area contributed by atoms with Crippen molar-refractivity contribution in [2.45, 2.75) is 25.8 Å². The maximum atomic E-state index is 4.91. The highest BCUT2D eigenvalue weighted by molar-refractivity contribution is 5.63. The Kier molecular flexibility index (Phi) is 4.43. The minimum atomic E-state index is 0.983. The fourth-order valence-electron chi connectivity index (χ4n) is 3.44. The van der Waals surface area contributed by atoms with Gasteiger partial charge in [-0.1, -0.05) is 55.0 Å². The molecule has 2 heterocycles. The van der Waals surface area contributed by atoms with Crippen molar-refractivity contribution in [2.75, 3.05) is 13.1 Å². The molecule has 0 bridgehead atoms. The Balaban J connectivity index is 1.71. The van der Waals surface area contributed by atoms with Gasteiger partial charge in [-0.05, 0) is 38.1 Å². The van der Waals surface area contributed by atoms with Crippen LogP contribution in [0.1, 0.15) is 24.8 Å². The first-order valence-corrected chi connectivity index (χ1v) is 8.82. The van der Waals surface area contributed by atoms with E-state index in [0.29, 0.717) is 0 Å². The molecule has 1 saturated heterocycles. The van der Waals surface area contributed by atoms with E-state index in [1.807, 2.05) is 10.7 Å². The average Bonchev–Trinajstić information content (AvgIpc) is 3.08. The number of benzene rings is 2. The monoisotopic (exact) mass is 317 g/mol. The zero-order valence-electron chi connectivity index (χ0n) is 13.9. The number of para-hydroxylation sites is 1. The summed E-state index contributed by atoms with van der Waals surface area (Å²) in [5, 5.41) is 4.91. The largest absolute Gasteiger partial charge is 0.299 e. The topological polar surface area (TPSA) is 21.1 Å². The van der Waals surface area contributed by atoms with Crippen molar-refractivity contribution in [1.29, 1.82) is 0 Å². The summed E-state index contributed by atoms with van der Waals surface area (Å²) >= 11 is 0. The Hall–Kier alpha value is -2.39. The summed E-state index contributed by atoms with van der Waals surface area (Å²) < 4.78 is 2.02. The van der Waals surface area contributed by atoms with Gasteiger partial charge < -0.3 is 0 Å². The molecule has 4 rings (SSSR count). The van der Waals surface area contributed by atoms with E-state index in [0.717, 1.165) is 17.9 Å². The van der Waals surface area contributed by atoms with Crippen LogP contribution in [0, 0.1) is 0 Å². The average molecular weight is 317 g/mol. The Morgan fingerprint density at radius 2 is 1.46 bits per heavy atom. The number of hydrogen-bond acceptors (Lipinski definition) is 2. The summed E-state index contributed by atoms with van der Waals surface area (Å²) in [6.07, 6.45) is 6.19. The summed E-state index contributed by atoms with van der Waals surface area (Å²) in [5.74, 6) is 0. The minimum absolute atomic E-state index is 0.983. The molecule has 0 aliphatic carbocycles. The third-order valence-electron chi connectivity index (χ3n) is 4.70. The Morgan fingerprint density at radius 3 is 2.17 bits per heavy atom. The van der Waals surface area contributed by atoms with Gasteiger partial charge in [0, 0.05) is 23.9 Å². The van der Waals surface area contributed by atoms with Gasteiger partial charge in [-0.25, -0.2) is 4.68 Å². The molecule has 0 amide bonds. The van der Waals surface area contributed by atoms with Crippen LogP contribution >= 0.6 is 0 Å². The van der Waals surface area contributed by atoms with Crippen molar-refractivity contribution in [2.24, 2.45) is 0 Å². The second-order valence-electron chi connectivity index (χ2n) is 6.49. The normalized spacial score (nSPS) is 15.5. The van der Waals surface area contributed by atoms with Gasteiger partial charge in [0.25, 0.3) is 0 Å². The van der Waals surface area contributed by atoms with E-state index in [1.165, 1.54) is 43.5 Å². The first kappa shape index (κ1) is 15.2. The van der Waals surface area contributed by atoms with Crippen molar-refractivity contribution < 1.29 is 0 Å². The molecule has 0 saturated carbocycles. The highest BCUT2D eigenvalue weighted by atomic mass is 15.3. The van der Waals surface area contributed by atoms with Crippen LogP contribution in [0.15, 0.2) is 66.9 Å².